The predicted molar refractivity (Wildman–Crippen MR) is 87.6 cm³/mol. The number of hydrogen-bond acceptors (Lipinski definition) is 2. The maximum Gasteiger partial charge on any atom is 0.0175 e. The van der Waals surface area contributed by atoms with E-state index in [9.17, 15) is 0 Å². The highest BCUT2D eigenvalue weighted by Gasteiger charge is 2.11. The van der Waals surface area contributed by atoms with Gasteiger partial charge in [-0.25, -0.2) is 0 Å². The van der Waals surface area contributed by atoms with Crippen molar-refractivity contribution in [3.63, 3.8) is 0 Å². The standard InChI is InChI=1S/C15H24BrNS/c1-12(2)17-11-14(5-4-10-18-3)13-6-8-15(16)9-7-13/h6-9,12,14,17H,4-5,10-11H2,1-3H3. The maximum absolute atomic E-state index is 3.57. The highest BCUT2D eigenvalue weighted by Crippen LogP contribution is 2.23. The van der Waals surface area contributed by atoms with Crippen LogP contribution in [-0.2, 0) is 0 Å². The van der Waals surface area contributed by atoms with Crippen LogP contribution in [0.5, 0.6) is 0 Å². The first-order chi connectivity index (χ1) is 8.63. The van der Waals surface area contributed by atoms with Gasteiger partial charge in [-0.3, -0.25) is 0 Å². The van der Waals surface area contributed by atoms with E-state index in [-0.39, 0.29) is 0 Å². The molecule has 0 aliphatic heterocycles. The Kier molecular flexibility index (Phi) is 8.03. The monoisotopic (exact) mass is 329 g/mol. The van der Waals surface area contributed by atoms with Gasteiger partial charge in [0.1, 0.15) is 0 Å². The maximum atomic E-state index is 3.57. The molecule has 1 atom stereocenters. The molecule has 102 valence electrons. The molecule has 0 aliphatic rings. The van der Waals surface area contributed by atoms with Gasteiger partial charge in [0, 0.05) is 17.1 Å². The predicted octanol–water partition coefficient (Wildman–Crippen LogP) is 4.67. The van der Waals surface area contributed by atoms with Crippen LogP contribution in [0.2, 0.25) is 0 Å². The lowest BCUT2D eigenvalue weighted by Gasteiger charge is -2.20. The molecule has 0 saturated heterocycles. The molecule has 1 rings (SSSR count). The Bertz CT molecular complexity index is 324. The Morgan fingerprint density at radius 3 is 2.44 bits per heavy atom. The van der Waals surface area contributed by atoms with Crippen molar-refractivity contribution in [2.75, 3.05) is 18.6 Å². The van der Waals surface area contributed by atoms with E-state index in [0.29, 0.717) is 12.0 Å². The molecule has 3 heteroatoms. The number of thioether (sulfide) groups is 1. The number of benzene rings is 1. The van der Waals surface area contributed by atoms with Gasteiger partial charge >= 0.3 is 0 Å². The molecule has 0 saturated carbocycles. The molecule has 0 amide bonds. The average Bonchev–Trinajstić information content (AvgIpc) is 2.34. The van der Waals surface area contributed by atoms with Crippen LogP contribution < -0.4 is 5.32 Å². The van der Waals surface area contributed by atoms with E-state index in [1.165, 1.54) is 24.2 Å². The third kappa shape index (κ3) is 6.26. The molecule has 0 aliphatic carbocycles. The van der Waals surface area contributed by atoms with Crippen molar-refractivity contribution in [2.24, 2.45) is 0 Å². The van der Waals surface area contributed by atoms with Crippen molar-refractivity contribution < 1.29 is 0 Å². The SMILES string of the molecule is CSCCCC(CNC(C)C)c1ccc(Br)cc1. The summed E-state index contributed by atoms with van der Waals surface area (Å²) in [4.78, 5) is 0. The lowest BCUT2D eigenvalue weighted by Crippen LogP contribution is -2.28. The van der Waals surface area contributed by atoms with Crippen LogP contribution in [0.15, 0.2) is 28.7 Å². The summed E-state index contributed by atoms with van der Waals surface area (Å²) < 4.78 is 1.16. The van der Waals surface area contributed by atoms with Crippen LogP contribution in [0.25, 0.3) is 0 Å². The lowest BCUT2D eigenvalue weighted by molar-refractivity contribution is 0.506. The smallest absolute Gasteiger partial charge is 0.0175 e. The third-order valence-corrected chi connectivity index (χ3v) is 4.24. The van der Waals surface area contributed by atoms with Crippen LogP contribution in [0.4, 0.5) is 0 Å². The van der Waals surface area contributed by atoms with Crippen molar-refractivity contribution in [1.82, 2.24) is 5.32 Å². The van der Waals surface area contributed by atoms with E-state index in [2.05, 4.69) is 65.6 Å². The van der Waals surface area contributed by atoms with E-state index in [1.807, 2.05) is 11.8 Å². The van der Waals surface area contributed by atoms with Gasteiger partial charge in [-0.15, -0.1) is 0 Å². The summed E-state index contributed by atoms with van der Waals surface area (Å²) in [6.45, 7) is 5.49. The first kappa shape index (κ1) is 16.1. The summed E-state index contributed by atoms with van der Waals surface area (Å²) in [5.41, 5.74) is 1.45. The Labute approximate surface area is 124 Å². The fraction of sp³-hybridized carbons (Fsp3) is 0.600. The molecule has 0 aromatic heterocycles. The van der Waals surface area contributed by atoms with Gasteiger partial charge in [-0.05, 0) is 48.5 Å². The molecular formula is C15H24BrNS. The molecule has 1 nitrogen and oxygen atoms in total. The Hall–Kier alpha value is 0.01000. The second kappa shape index (κ2) is 9.00. The molecular weight excluding hydrogens is 306 g/mol. The third-order valence-electron chi connectivity index (χ3n) is 3.01. The van der Waals surface area contributed by atoms with Gasteiger partial charge < -0.3 is 5.32 Å². The quantitative estimate of drug-likeness (QED) is 0.695. The number of hydrogen-bond donors (Lipinski definition) is 1. The summed E-state index contributed by atoms with van der Waals surface area (Å²) in [6.07, 6.45) is 4.74. The molecule has 0 heterocycles. The van der Waals surface area contributed by atoms with E-state index < -0.39 is 0 Å². The second-order valence-corrected chi connectivity index (χ2v) is 6.85. The van der Waals surface area contributed by atoms with Crippen LogP contribution in [0.3, 0.4) is 0 Å². The molecule has 0 bridgehead atoms. The fourth-order valence-corrected chi connectivity index (χ4v) is 2.69. The van der Waals surface area contributed by atoms with Gasteiger partial charge in [0.15, 0.2) is 0 Å². The van der Waals surface area contributed by atoms with Gasteiger partial charge in [0.05, 0.1) is 0 Å². The van der Waals surface area contributed by atoms with Gasteiger partial charge in [0.2, 0.25) is 0 Å². The van der Waals surface area contributed by atoms with Gasteiger partial charge in [-0.1, -0.05) is 41.9 Å². The highest BCUT2D eigenvalue weighted by molar-refractivity contribution is 9.10. The first-order valence-electron chi connectivity index (χ1n) is 6.61. The molecule has 0 fully saturated rings. The fourth-order valence-electron chi connectivity index (χ4n) is 1.97. The molecule has 1 N–H and O–H groups in total. The average molecular weight is 330 g/mol. The summed E-state index contributed by atoms with van der Waals surface area (Å²) in [5, 5.41) is 3.57. The van der Waals surface area contributed by atoms with E-state index in [4.69, 9.17) is 0 Å². The zero-order valence-corrected chi connectivity index (χ0v) is 14.0. The van der Waals surface area contributed by atoms with Crippen LogP contribution in [0, 0.1) is 0 Å². The second-order valence-electron chi connectivity index (χ2n) is 4.95. The Morgan fingerprint density at radius 1 is 1.22 bits per heavy atom. The molecule has 1 unspecified atom stereocenters. The molecule has 1 aromatic carbocycles. The zero-order chi connectivity index (χ0) is 13.4. The van der Waals surface area contributed by atoms with Crippen LogP contribution in [0.1, 0.15) is 38.2 Å². The number of halogens is 1. The number of rotatable bonds is 8. The molecule has 0 radical (unpaired) electrons. The molecule has 18 heavy (non-hydrogen) atoms. The van der Waals surface area contributed by atoms with Crippen molar-refractivity contribution >= 4 is 27.7 Å². The summed E-state index contributed by atoms with van der Waals surface area (Å²) in [7, 11) is 0. The lowest BCUT2D eigenvalue weighted by atomic mass is 9.94. The van der Waals surface area contributed by atoms with Crippen molar-refractivity contribution in [1.29, 1.82) is 0 Å². The topological polar surface area (TPSA) is 12.0 Å². The van der Waals surface area contributed by atoms with E-state index in [0.717, 1.165) is 11.0 Å². The minimum atomic E-state index is 0.559. The van der Waals surface area contributed by atoms with Crippen molar-refractivity contribution in [3.05, 3.63) is 34.3 Å². The largest absolute Gasteiger partial charge is 0.314 e. The summed E-state index contributed by atoms with van der Waals surface area (Å²) in [6, 6.07) is 9.34. The first-order valence-corrected chi connectivity index (χ1v) is 8.80. The summed E-state index contributed by atoms with van der Waals surface area (Å²) >= 11 is 5.44. The van der Waals surface area contributed by atoms with Gasteiger partial charge in [0.25, 0.3) is 0 Å². The van der Waals surface area contributed by atoms with E-state index in [1.54, 1.807) is 0 Å². The minimum absolute atomic E-state index is 0.559. The Morgan fingerprint density at radius 2 is 1.89 bits per heavy atom. The van der Waals surface area contributed by atoms with Crippen LogP contribution in [-0.4, -0.2) is 24.6 Å². The Balaban J connectivity index is 2.60. The highest BCUT2D eigenvalue weighted by atomic mass is 79.9. The number of nitrogens with one attached hydrogen (secondary N) is 1. The summed E-state index contributed by atoms with van der Waals surface area (Å²) in [5.74, 6) is 1.89. The molecule has 0 spiro atoms. The van der Waals surface area contributed by atoms with Gasteiger partial charge in [-0.2, -0.15) is 11.8 Å². The normalized spacial score (nSPS) is 12.9. The van der Waals surface area contributed by atoms with E-state index >= 15 is 0 Å². The zero-order valence-electron chi connectivity index (χ0n) is 11.6. The molecule has 1 aromatic rings. The van der Waals surface area contributed by atoms with Crippen molar-refractivity contribution in [2.45, 2.75) is 38.6 Å². The van der Waals surface area contributed by atoms with Crippen LogP contribution >= 0.6 is 27.7 Å². The minimum Gasteiger partial charge on any atom is -0.314 e. The van der Waals surface area contributed by atoms with Crippen molar-refractivity contribution in [3.8, 4) is 0 Å².